The fourth-order valence-electron chi connectivity index (χ4n) is 3.04. The highest BCUT2D eigenvalue weighted by Crippen LogP contribution is 2.28. The molecule has 1 aromatic heterocycles. The molecule has 21 heavy (non-hydrogen) atoms. The maximum Gasteiger partial charge on any atom is 0.326 e. The van der Waals surface area contributed by atoms with Gasteiger partial charge in [0.15, 0.2) is 0 Å². The number of nitrogens with one attached hydrogen (secondary N) is 1. The van der Waals surface area contributed by atoms with Crippen LogP contribution in [0.15, 0.2) is 12.4 Å². The standard InChI is InChI=1S/C13H16N4O4/c18-11-4-8(7-17(11)9-5-14-15-6-9)12(19)16-3-1-2-10(16)13(20)21/h5-6,8,10H,1-4,7H2,(H,14,15)(H,20,21)/t8-,10-/m0/s1. The average Bonchev–Trinajstić information content (AvgIpc) is 3.17. The summed E-state index contributed by atoms with van der Waals surface area (Å²) in [6, 6.07) is -0.754. The molecule has 0 saturated carbocycles. The number of H-pyrrole nitrogens is 1. The van der Waals surface area contributed by atoms with Gasteiger partial charge in [-0.15, -0.1) is 0 Å². The number of rotatable bonds is 3. The molecular formula is C13H16N4O4. The molecule has 2 atom stereocenters. The van der Waals surface area contributed by atoms with E-state index >= 15 is 0 Å². The number of aromatic amines is 1. The molecule has 2 saturated heterocycles. The molecule has 0 unspecified atom stereocenters. The summed E-state index contributed by atoms with van der Waals surface area (Å²) in [6.07, 6.45) is 4.41. The second-order valence-corrected chi connectivity index (χ2v) is 5.39. The van der Waals surface area contributed by atoms with E-state index in [2.05, 4.69) is 10.2 Å². The summed E-state index contributed by atoms with van der Waals surface area (Å²) in [5, 5.41) is 15.6. The van der Waals surface area contributed by atoms with Gasteiger partial charge in [-0.05, 0) is 12.8 Å². The van der Waals surface area contributed by atoms with Crippen molar-refractivity contribution in [3.05, 3.63) is 12.4 Å². The number of hydrogen-bond acceptors (Lipinski definition) is 4. The van der Waals surface area contributed by atoms with Crippen LogP contribution in [-0.4, -0.2) is 57.1 Å². The third-order valence-electron chi connectivity index (χ3n) is 4.09. The Hall–Kier alpha value is -2.38. The number of carboxylic acids is 1. The lowest BCUT2D eigenvalue weighted by atomic mass is 10.1. The predicted molar refractivity (Wildman–Crippen MR) is 71.4 cm³/mol. The van der Waals surface area contributed by atoms with Crippen LogP contribution in [0.2, 0.25) is 0 Å². The van der Waals surface area contributed by atoms with Gasteiger partial charge in [-0.25, -0.2) is 4.79 Å². The molecule has 112 valence electrons. The second-order valence-electron chi connectivity index (χ2n) is 5.39. The zero-order valence-corrected chi connectivity index (χ0v) is 11.4. The second kappa shape index (κ2) is 5.19. The van der Waals surface area contributed by atoms with E-state index in [-0.39, 0.29) is 24.8 Å². The quantitative estimate of drug-likeness (QED) is 0.805. The number of amides is 2. The van der Waals surface area contributed by atoms with Crippen LogP contribution in [0.3, 0.4) is 0 Å². The van der Waals surface area contributed by atoms with Gasteiger partial charge in [0.25, 0.3) is 0 Å². The van der Waals surface area contributed by atoms with Gasteiger partial charge in [-0.2, -0.15) is 5.10 Å². The number of carbonyl (C=O) groups excluding carboxylic acids is 2. The largest absolute Gasteiger partial charge is 0.480 e. The van der Waals surface area contributed by atoms with E-state index < -0.39 is 17.9 Å². The highest BCUT2D eigenvalue weighted by Gasteiger charge is 2.42. The topological polar surface area (TPSA) is 107 Å². The first-order valence-electron chi connectivity index (χ1n) is 6.90. The lowest BCUT2D eigenvalue weighted by Gasteiger charge is -2.24. The summed E-state index contributed by atoms with van der Waals surface area (Å²) in [5.41, 5.74) is 0.631. The molecule has 8 heteroatoms. The Morgan fingerprint density at radius 3 is 2.90 bits per heavy atom. The van der Waals surface area contributed by atoms with Crippen molar-refractivity contribution in [2.45, 2.75) is 25.3 Å². The van der Waals surface area contributed by atoms with E-state index in [0.29, 0.717) is 25.1 Å². The molecule has 3 heterocycles. The van der Waals surface area contributed by atoms with Crippen LogP contribution in [0.4, 0.5) is 5.69 Å². The number of likely N-dealkylation sites (tertiary alicyclic amines) is 1. The molecular weight excluding hydrogens is 276 g/mol. The Bertz CT molecular complexity index is 571. The van der Waals surface area contributed by atoms with Crippen LogP contribution < -0.4 is 4.90 Å². The molecule has 2 fully saturated rings. The molecule has 2 amide bonds. The Balaban J connectivity index is 1.72. The van der Waals surface area contributed by atoms with E-state index in [1.165, 1.54) is 16.0 Å². The first-order chi connectivity index (χ1) is 10.1. The Morgan fingerprint density at radius 1 is 1.43 bits per heavy atom. The fourth-order valence-corrected chi connectivity index (χ4v) is 3.04. The molecule has 0 spiro atoms. The van der Waals surface area contributed by atoms with Crippen LogP contribution >= 0.6 is 0 Å². The van der Waals surface area contributed by atoms with Crippen molar-refractivity contribution < 1.29 is 19.5 Å². The van der Waals surface area contributed by atoms with Crippen molar-refractivity contribution in [2.24, 2.45) is 5.92 Å². The summed E-state index contributed by atoms with van der Waals surface area (Å²) in [4.78, 5) is 38.6. The third kappa shape index (κ3) is 2.37. The van der Waals surface area contributed by atoms with Crippen molar-refractivity contribution in [3.63, 3.8) is 0 Å². The SMILES string of the molecule is O=C(O)[C@@H]1CCCN1C(=O)[C@H]1CC(=O)N(c2cn[nH]c2)C1. The number of hydrogen-bond donors (Lipinski definition) is 2. The zero-order valence-electron chi connectivity index (χ0n) is 11.4. The van der Waals surface area contributed by atoms with E-state index in [1.54, 1.807) is 6.20 Å². The number of aromatic nitrogens is 2. The number of anilines is 1. The van der Waals surface area contributed by atoms with Crippen LogP contribution in [0.1, 0.15) is 19.3 Å². The van der Waals surface area contributed by atoms with Crippen LogP contribution in [0.25, 0.3) is 0 Å². The molecule has 0 aliphatic carbocycles. The van der Waals surface area contributed by atoms with Crippen molar-refractivity contribution in [1.82, 2.24) is 15.1 Å². The normalized spacial score (nSPS) is 25.6. The summed E-state index contributed by atoms with van der Waals surface area (Å²) in [7, 11) is 0. The van der Waals surface area contributed by atoms with Gasteiger partial charge >= 0.3 is 5.97 Å². The summed E-state index contributed by atoms with van der Waals surface area (Å²) in [5.74, 6) is -1.83. The number of carbonyl (C=O) groups is 3. The maximum atomic E-state index is 12.5. The lowest BCUT2D eigenvalue weighted by Crippen LogP contribution is -2.44. The number of aliphatic carboxylic acids is 1. The smallest absolute Gasteiger partial charge is 0.326 e. The molecule has 2 N–H and O–H groups in total. The molecule has 0 radical (unpaired) electrons. The van der Waals surface area contributed by atoms with E-state index in [1.807, 2.05) is 0 Å². The fraction of sp³-hybridized carbons (Fsp3) is 0.538. The summed E-state index contributed by atoms with van der Waals surface area (Å²) >= 11 is 0. The molecule has 8 nitrogen and oxygen atoms in total. The number of carboxylic acid groups (broad SMARTS) is 1. The van der Waals surface area contributed by atoms with Crippen LogP contribution in [0.5, 0.6) is 0 Å². The lowest BCUT2D eigenvalue weighted by molar-refractivity contribution is -0.149. The van der Waals surface area contributed by atoms with Gasteiger partial charge < -0.3 is 14.9 Å². The third-order valence-corrected chi connectivity index (χ3v) is 4.09. The minimum Gasteiger partial charge on any atom is -0.480 e. The highest BCUT2D eigenvalue weighted by atomic mass is 16.4. The summed E-state index contributed by atoms with van der Waals surface area (Å²) < 4.78 is 0. The first kappa shape index (κ1) is 13.6. The van der Waals surface area contributed by atoms with E-state index in [9.17, 15) is 14.4 Å². The van der Waals surface area contributed by atoms with Crippen molar-refractivity contribution in [1.29, 1.82) is 0 Å². The molecule has 0 bridgehead atoms. The Morgan fingerprint density at radius 2 is 2.24 bits per heavy atom. The minimum absolute atomic E-state index is 0.118. The maximum absolute atomic E-state index is 12.5. The van der Waals surface area contributed by atoms with E-state index in [4.69, 9.17) is 5.11 Å². The highest BCUT2D eigenvalue weighted by molar-refractivity contribution is 6.00. The summed E-state index contributed by atoms with van der Waals surface area (Å²) in [6.45, 7) is 0.728. The molecule has 3 rings (SSSR count). The van der Waals surface area contributed by atoms with Gasteiger partial charge in [-0.3, -0.25) is 14.7 Å². The van der Waals surface area contributed by atoms with Gasteiger partial charge in [0.05, 0.1) is 17.8 Å². The minimum atomic E-state index is -0.975. The Labute approximate surface area is 120 Å². The number of nitrogens with zero attached hydrogens (tertiary/aromatic N) is 3. The van der Waals surface area contributed by atoms with Gasteiger partial charge in [0, 0.05) is 25.7 Å². The van der Waals surface area contributed by atoms with Crippen molar-refractivity contribution in [2.75, 3.05) is 18.0 Å². The molecule has 2 aliphatic heterocycles. The first-order valence-corrected chi connectivity index (χ1v) is 6.90. The van der Waals surface area contributed by atoms with Gasteiger partial charge in [0.1, 0.15) is 6.04 Å². The monoisotopic (exact) mass is 292 g/mol. The van der Waals surface area contributed by atoms with Gasteiger partial charge in [0.2, 0.25) is 11.8 Å². The zero-order chi connectivity index (χ0) is 15.0. The Kier molecular flexibility index (Phi) is 3.36. The molecule has 2 aliphatic rings. The van der Waals surface area contributed by atoms with Gasteiger partial charge in [-0.1, -0.05) is 0 Å². The van der Waals surface area contributed by atoms with Crippen molar-refractivity contribution >= 4 is 23.5 Å². The van der Waals surface area contributed by atoms with Crippen LogP contribution in [-0.2, 0) is 14.4 Å². The van der Waals surface area contributed by atoms with Crippen molar-refractivity contribution in [3.8, 4) is 0 Å². The van der Waals surface area contributed by atoms with E-state index in [0.717, 1.165) is 0 Å². The predicted octanol–water partition coefficient (Wildman–Crippen LogP) is -0.162. The van der Waals surface area contributed by atoms with Crippen LogP contribution in [0, 0.1) is 5.92 Å². The average molecular weight is 292 g/mol. The molecule has 0 aromatic carbocycles. The molecule has 1 aromatic rings.